The molecule has 1 heterocycles. The highest BCUT2D eigenvalue weighted by molar-refractivity contribution is 4.67. The van der Waals surface area contributed by atoms with Gasteiger partial charge in [-0.2, -0.15) is 0 Å². The van der Waals surface area contributed by atoms with Crippen LogP contribution in [0.15, 0.2) is 0 Å². The van der Waals surface area contributed by atoms with Gasteiger partial charge in [-0.25, -0.2) is 48.9 Å². The summed E-state index contributed by atoms with van der Waals surface area (Å²) in [5.74, 6) is 0. The van der Waals surface area contributed by atoms with Gasteiger partial charge in [0.1, 0.15) is 0 Å². The van der Waals surface area contributed by atoms with Crippen molar-refractivity contribution in [3.8, 4) is 0 Å². The molecule has 0 aromatic rings. The van der Waals surface area contributed by atoms with E-state index in [2.05, 4.69) is 74.9 Å². The number of hydrogen-bond donors (Lipinski definition) is 0. The first-order valence-corrected chi connectivity index (χ1v) is 28.9. The van der Waals surface area contributed by atoms with Gasteiger partial charge in [-0.1, -0.05) is 228 Å². The summed E-state index contributed by atoms with van der Waals surface area (Å²) < 4.78 is 0. The molecule has 1 aliphatic rings. The third-order valence-electron chi connectivity index (χ3n) is 11.6. The lowest BCUT2D eigenvalue weighted by Crippen LogP contribution is -2.22. The van der Waals surface area contributed by atoms with Crippen LogP contribution in [0.2, 0.25) is 0 Å². The van der Waals surface area contributed by atoms with Gasteiger partial charge in [0.05, 0.1) is 65.1 Å². The molecule has 418 valence electrons. The molecule has 0 radical (unpaired) electrons. The molecule has 0 aromatic heterocycles. The van der Waals surface area contributed by atoms with E-state index in [0.29, 0.717) is 0 Å². The first kappa shape index (κ1) is 76.5. The molecule has 0 saturated carbocycles. The molecule has 1 rings (SSSR count). The minimum absolute atomic E-state index is 0.0590. The average Bonchev–Trinajstić information content (AvgIpc) is 3.52. The molecule has 4 unspecified atom stereocenters. The number of hydrogen-bond acceptors (Lipinski definition) is 10. The topological polar surface area (TPSA) is 92.3 Å². The lowest BCUT2D eigenvalue weighted by Gasteiger charge is -2.19. The fourth-order valence-electron chi connectivity index (χ4n) is 7.33. The first-order valence-electron chi connectivity index (χ1n) is 28.9. The highest BCUT2D eigenvalue weighted by Crippen LogP contribution is 2.21. The lowest BCUT2D eigenvalue weighted by molar-refractivity contribution is -0.346. The minimum atomic E-state index is -0.0590. The summed E-state index contributed by atoms with van der Waals surface area (Å²) in [5.41, 5.74) is -0.0590. The van der Waals surface area contributed by atoms with Crippen molar-refractivity contribution < 1.29 is 48.9 Å². The van der Waals surface area contributed by atoms with Crippen LogP contribution in [0.3, 0.4) is 0 Å². The van der Waals surface area contributed by atoms with Gasteiger partial charge in [-0.15, -0.1) is 0 Å². The quantitative estimate of drug-likeness (QED) is 0.0336. The van der Waals surface area contributed by atoms with E-state index in [1.165, 1.54) is 193 Å². The Bertz CT molecular complexity index is 778. The molecule has 4 atom stereocenters. The second-order valence-electron chi connectivity index (χ2n) is 19.7. The molecule has 0 amide bonds. The van der Waals surface area contributed by atoms with Crippen molar-refractivity contribution in [1.29, 1.82) is 0 Å². The van der Waals surface area contributed by atoms with Gasteiger partial charge in [0.25, 0.3) is 0 Å². The lowest BCUT2D eigenvalue weighted by atomic mass is 10.0. The van der Waals surface area contributed by atoms with E-state index in [-0.39, 0.29) is 30.0 Å². The zero-order chi connectivity index (χ0) is 52.0. The third kappa shape index (κ3) is 79.7. The molecule has 10 nitrogen and oxygen atoms in total. The number of rotatable bonds is 40. The van der Waals surface area contributed by atoms with E-state index in [1.807, 2.05) is 27.7 Å². The molecule has 1 saturated heterocycles. The zero-order valence-electron chi connectivity index (χ0n) is 49.1. The number of unbranched alkanes of at least 4 members (excludes halogenated alkanes) is 24. The van der Waals surface area contributed by atoms with Gasteiger partial charge in [0, 0.05) is 0 Å². The van der Waals surface area contributed by atoms with Crippen LogP contribution >= 0.6 is 0 Å². The molecule has 0 N–H and O–H groups in total. The molecule has 0 aliphatic carbocycles. The van der Waals surface area contributed by atoms with Gasteiger partial charge in [0.2, 0.25) is 0 Å². The van der Waals surface area contributed by atoms with Gasteiger partial charge in [-0.3, -0.25) is 0 Å². The summed E-state index contributed by atoms with van der Waals surface area (Å²) in [7, 11) is 6.22. The fourth-order valence-corrected chi connectivity index (χ4v) is 7.33. The van der Waals surface area contributed by atoms with Crippen LogP contribution in [-0.2, 0) is 48.9 Å². The fraction of sp³-hybridized carbons (Fsp3) is 1.00. The van der Waals surface area contributed by atoms with Crippen molar-refractivity contribution in [2.24, 2.45) is 0 Å². The zero-order valence-corrected chi connectivity index (χ0v) is 49.1. The van der Waals surface area contributed by atoms with E-state index < -0.39 is 0 Å². The molecular weight excluding hydrogens is 857 g/mol. The van der Waals surface area contributed by atoms with Gasteiger partial charge >= 0.3 is 0 Å². The molecule has 1 fully saturated rings. The van der Waals surface area contributed by atoms with E-state index in [1.54, 1.807) is 28.4 Å². The van der Waals surface area contributed by atoms with Crippen LogP contribution in [-0.4, -0.2) is 65.1 Å². The van der Waals surface area contributed by atoms with Gasteiger partial charge in [-0.05, 0) is 86.5 Å². The molecule has 0 bridgehead atoms. The summed E-state index contributed by atoms with van der Waals surface area (Å²) >= 11 is 0. The summed E-state index contributed by atoms with van der Waals surface area (Å²) in [6.07, 6.45) is 48.6. The van der Waals surface area contributed by atoms with Gasteiger partial charge in [0.15, 0.2) is 0 Å². The molecule has 0 aromatic carbocycles. The third-order valence-corrected chi connectivity index (χ3v) is 11.6. The predicted octanol–water partition coefficient (Wildman–Crippen LogP) is 19.7. The SMILES string of the molecule is CC1(C)CCCCOO1.CCCCCC(C)OOC.CCCCCC(C)OOC.CCCCCCC(C)OOC.CCCCCCCC(C)OOC.CCCCCCCCCCCCCCCC. The second kappa shape index (κ2) is 68.7. The largest absolute Gasteiger partial charge is 0.240 e. The van der Waals surface area contributed by atoms with E-state index in [4.69, 9.17) is 29.3 Å². The highest BCUT2D eigenvalue weighted by atomic mass is 17.2. The van der Waals surface area contributed by atoms with Crippen LogP contribution < -0.4 is 0 Å². The summed E-state index contributed by atoms with van der Waals surface area (Å²) in [5, 5.41) is 0. The van der Waals surface area contributed by atoms with Crippen molar-refractivity contribution >= 4 is 0 Å². The van der Waals surface area contributed by atoms with E-state index in [9.17, 15) is 0 Å². The maximum atomic E-state index is 5.09. The monoisotopic (exact) mass is 983 g/mol. The van der Waals surface area contributed by atoms with Crippen molar-refractivity contribution in [2.45, 2.75) is 344 Å². The minimum Gasteiger partial charge on any atom is -0.240 e. The van der Waals surface area contributed by atoms with Crippen LogP contribution in [0.4, 0.5) is 0 Å². The van der Waals surface area contributed by atoms with Crippen molar-refractivity contribution in [2.75, 3.05) is 35.0 Å². The Labute approximate surface area is 426 Å². The summed E-state index contributed by atoms with van der Waals surface area (Å²) in [6.45, 7) is 26.4. The maximum Gasteiger partial charge on any atom is 0.0980 e. The van der Waals surface area contributed by atoms with E-state index >= 15 is 0 Å². The van der Waals surface area contributed by atoms with Crippen LogP contribution in [0.1, 0.15) is 314 Å². The summed E-state index contributed by atoms with van der Waals surface area (Å²) in [4.78, 5) is 47.9. The Balaban J connectivity index is -0.000000236. The van der Waals surface area contributed by atoms with E-state index in [0.717, 1.165) is 45.1 Å². The maximum absolute atomic E-state index is 5.09. The van der Waals surface area contributed by atoms with Gasteiger partial charge < -0.3 is 0 Å². The molecule has 10 heteroatoms. The van der Waals surface area contributed by atoms with Crippen molar-refractivity contribution in [3.05, 3.63) is 0 Å². The van der Waals surface area contributed by atoms with Crippen LogP contribution in [0.25, 0.3) is 0 Å². The molecule has 0 spiro atoms. The first-order chi connectivity index (χ1) is 32.9. The highest BCUT2D eigenvalue weighted by Gasteiger charge is 2.21. The standard InChI is InChI=1S/C16H34.C10H22O2.C9H20O2.2C8H18O2.C7H14O2/c1-3-5-7-9-11-13-15-16-14-12-10-8-6-4-2;1-4-5-6-7-8-9-10(2)12-11-3;1-4-5-6-7-8-9(2)11-10-3;2*1-4-5-6-7-8(2)10-9-3;1-7(2)5-3-4-6-8-9-7/h3-16H2,1-2H3;10H,4-9H2,1-3H3;9H,4-8H2,1-3H3;2*8H,4-7H2,1-3H3;3-6H2,1-2H3. The average molecular weight is 984 g/mol. The Morgan fingerprint density at radius 2 is 0.559 bits per heavy atom. The van der Waals surface area contributed by atoms with Crippen LogP contribution in [0.5, 0.6) is 0 Å². The van der Waals surface area contributed by atoms with Crippen molar-refractivity contribution in [1.82, 2.24) is 0 Å². The Morgan fingerprint density at radius 3 is 0.824 bits per heavy atom. The Kier molecular flexibility index (Phi) is 77.3. The smallest absolute Gasteiger partial charge is 0.0980 e. The Hall–Kier alpha value is -0.400. The second-order valence-corrected chi connectivity index (χ2v) is 19.7. The predicted molar refractivity (Wildman–Crippen MR) is 292 cm³/mol. The molecular formula is C58H126O10. The summed E-state index contributed by atoms with van der Waals surface area (Å²) in [6, 6.07) is 0. The Morgan fingerprint density at radius 1 is 0.338 bits per heavy atom. The van der Waals surface area contributed by atoms with Crippen LogP contribution in [0, 0.1) is 0 Å². The molecule has 68 heavy (non-hydrogen) atoms. The normalized spacial score (nSPS) is 14.6. The molecule has 1 aliphatic heterocycles. The van der Waals surface area contributed by atoms with Crippen molar-refractivity contribution in [3.63, 3.8) is 0 Å².